The van der Waals surface area contributed by atoms with Gasteiger partial charge in [-0.05, 0) is 64.2 Å². The summed E-state index contributed by atoms with van der Waals surface area (Å²) in [6.07, 6.45) is 71.1. The number of quaternary nitrogens is 1. The van der Waals surface area contributed by atoms with Gasteiger partial charge in [0.05, 0.1) is 40.3 Å². The first-order chi connectivity index (χ1) is 36.6. The van der Waals surface area contributed by atoms with Crippen LogP contribution in [0.5, 0.6) is 0 Å². The zero-order valence-corrected chi connectivity index (χ0v) is 49.4. The lowest BCUT2D eigenvalue weighted by Crippen LogP contribution is -2.44. The number of carbonyl (C=O) groups excluding carboxylic acids is 3. The van der Waals surface area contributed by atoms with Gasteiger partial charge in [-0.3, -0.25) is 9.59 Å². The van der Waals surface area contributed by atoms with Gasteiger partial charge in [-0.25, -0.2) is 0 Å². The molecule has 0 aliphatic rings. The number of hydrogen-bond donors (Lipinski definition) is 0. The van der Waals surface area contributed by atoms with E-state index in [-0.39, 0.29) is 32.2 Å². The Bertz CT molecular complexity index is 1460. The summed E-state index contributed by atoms with van der Waals surface area (Å²) in [5.74, 6) is -2.27. The highest BCUT2D eigenvalue weighted by molar-refractivity contribution is 5.70. The zero-order chi connectivity index (χ0) is 54.8. The van der Waals surface area contributed by atoms with E-state index < -0.39 is 24.3 Å². The molecule has 0 N–H and O–H groups in total. The largest absolute Gasteiger partial charge is 0.545 e. The number of nitrogens with zero attached hydrogens (tertiary/aromatic N) is 1. The molecule has 9 nitrogen and oxygen atoms in total. The molecule has 0 aliphatic carbocycles. The Hall–Kier alpha value is -3.27. The molecule has 434 valence electrons. The molecule has 0 heterocycles. The number of likely N-dealkylation sites (N-methyl/N-ethyl adjacent to an activating group) is 1. The van der Waals surface area contributed by atoms with Crippen LogP contribution in [-0.2, 0) is 33.3 Å². The van der Waals surface area contributed by atoms with Crippen LogP contribution in [0.3, 0.4) is 0 Å². The van der Waals surface area contributed by atoms with E-state index in [2.05, 4.69) is 86.8 Å². The van der Waals surface area contributed by atoms with Gasteiger partial charge in [0, 0.05) is 12.8 Å². The van der Waals surface area contributed by atoms with Crippen molar-refractivity contribution in [3.63, 3.8) is 0 Å². The van der Waals surface area contributed by atoms with Crippen LogP contribution in [0.15, 0.2) is 72.9 Å². The fourth-order valence-electron chi connectivity index (χ4n) is 8.72. The Morgan fingerprint density at radius 2 is 0.760 bits per heavy atom. The van der Waals surface area contributed by atoms with Crippen molar-refractivity contribution >= 4 is 17.9 Å². The fourth-order valence-corrected chi connectivity index (χ4v) is 8.72. The molecular formula is C66H117NO8. The number of hydrogen-bond acceptors (Lipinski definition) is 8. The minimum absolute atomic E-state index is 0.148. The molecule has 2 unspecified atom stereocenters. The van der Waals surface area contributed by atoms with E-state index in [9.17, 15) is 19.5 Å². The average Bonchev–Trinajstić information content (AvgIpc) is 3.38. The van der Waals surface area contributed by atoms with E-state index in [1.54, 1.807) is 0 Å². The van der Waals surface area contributed by atoms with Gasteiger partial charge in [0.15, 0.2) is 12.4 Å². The first-order valence-electron chi connectivity index (χ1n) is 31.1. The van der Waals surface area contributed by atoms with E-state index in [4.69, 9.17) is 18.9 Å². The van der Waals surface area contributed by atoms with Crippen LogP contribution >= 0.6 is 0 Å². The summed E-state index contributed by atoms with van der Waals surface area (Å²) >= 11 is 0. The number of carboxylic acids is 1. The van der Waals surface area contributed by atoms with E-state index in [1.807, 2.05) is 21.1 Å². The predicted octanol–water partition coefficient (Wildman–Crippen LogP) is 17.2. The average molecular weight is 1050 g/mol. The van der Waals surface area contributed by atoms with Crippen LogP contribution in [0.25, 0.3) is 0 Å². The smallest absolute Gasteiger partial charge is 0.306 e. The Kier molecular flexibility index (Phi) is 54.4. The van der Waals surface area contributed by atoms with Crippen LogP contribution in [0.1, 0.15) is 271 Å². The van der Waals surface area contributed by atoms with Gasteiger partial charge >= 0.3 is 11.9 Å². The maximum absolute atomic E-state index is 12.9. The third-order valence-corrected chi connectivity index (χ3v) is 13.5. The molecule has 0 spiro atoms. The first-order valence-corrected chi connectivity index (χ1v) is 31.1. The molecule has 0 amide bonds. The monoisotopic (exact) mass is 1050 g/mol. The zero-order valence-electron chi connectivity index (χ0n) is 49.4. The van der Waals surface area contributed by atoms with Crippen LogP contribution in [0.2, 0.25) is 0 Å². The van der Waals surface area contributed by atoms with E-state index in [0.717, 1.165) is 70.6 Å². The van der Waals surface area contributed by atoms with Crippen molar-refractivity contribution < 1.29 is 42.9 Å². The molecule has 0 saturated carbocycles. The van der Waals surface area contributed by atoms with Crippen LogP contribution in [-0.4, -0.2) is 82.3 Å². The lowest BCUT2D eigenvalue weighted by Gasteiger charge is -2.26. The summed E-state index contributed by atoms with van der Waals surface area (Å²) in [5, 5.41) is 11.8. The van der Waals surface area contributed by atoms with Crippen LogP contribution < -0.4 is 5.11 Å². The van der Waals surface area contributed by atoms with Gasteiger partial charge in [0.1, 0.15) is 13.2 Å². The number of ether oxygens (including phenoxy) is 4. The molecule has 9 heteroatoms. The summed E-state index contributed by atoms with van der Waals surface area (Å²) in [4.78, 5) is 37.3. The molecule has 0 aromatic heterocycles. The number of esters is 2. The van der Waals surface area contributed by atoms with Gasteiger partial charge < -0.3 is 33.3 Å². The fraction of sp³-hybridized carbons (Fsp3) is 0.773. The Morgan fingerprint density at radius 1 is 0.413 bits per heavy atom. The van der Waals surface area contributed by atoms with Crippen LogP contribution in [0.4, 0.5) is 0 Å². The third kappa shape index (κ3) is 58.3. The standard InChI is InChI=1S/C66H117NO8/c1-6-8-10-12-14-16-18-20-22-23-24-25-26-27-28-29-30-31-32-33-34-35-36-37-38-39-40-41-43-45-47-49-51-53-55-57-64(69)75-62(61-74-66(65(70)71)72-59-58-67(3,4)5)60-73-63(68)56-54-52-50-48-46-44-42-21-19-17-15-13-11-9-7-2/h8,10,14,16,20,22,24-25,27-28,30-31,62,66H,6-7,9,11-13,15,17-19,21,23,26,29,32-61H2,1-5H3/b10-8-,16-14-,22-20-,25-24-,28-27-,31-30-. The molecule has 75 heavy (non-hydrogen) atoms. The molecule has 0 aromatic rings. The molecule has 0 aliphatic heterocycles. The van der Waals surface area contributed by atoms with Crippen molar-refractivity contribution in [2.45, 2.75) is 283 Å². The number of aliphatic carboxylic acids is 1. The number of carbonyl (C=O) groups is 3. The Balaban J connectivity index is 4.08. The van der Waals surface area contributed by atoms with Crippen LogP contribution in [0, 0.1) is 0 Å². The summed E-state index contributed by atoms with van der Waals surface area (Å²) in [6.45, 7) is 4.66. The molecule has 0 saturated heterocycles. The topological polar surface area (TPSA) is 111 Å². The van der Waals surface area contributed by atoms with Gasteiger partial charge in [-0.2, -0.15) is 0 Å². The molecule has 0 aromatic carbocycles. The maximum atomic E-state index is 12.9. The predicted molar refractivity (Wildman–Crippen MR) is 315 cm³/mol. The van der Waals surface area contributed by atoms with Crippen molar-refractivity contribution in [2.75, 3.05) is 47.5 Å². The quantitative estimate of drug-likeness (QED) is 0.0195. The molecule has 0 bridgehead atoms. The summed E-state index contributed by atoms with van der Waals surface area (Å²) in [5.41, 5.74) is 0. The van der Waals surface area contributed by atoms with Gasteiger partial charge in [-0.1, -0.05) is 267 Å². The normalized spacial score (nSPS) is 13.2. The second kappa shape index (κ2) is 56.9. The summed E-state index contributed by atoms with van der Waals surface area (Å²) < 4.78 is 22.7. The second-order valence-corrected chi connectivity index (χ2v) is 22.0. The SMILES string of the molecule is CC/C=C\C/C=C\C/C=C\C/C=C\C/C=C\C/C=C\CCCCCCCCCCCCCCCCCCC(=O)OC(COC(=O)CCCCCCCCCCCCCCCCC)COC(OCC[N+](C)(C)C)C(=O)[O-]. The number of unbranched alkanes of at least 4 members (excludes halogenated alkanes) is 30. The number of carboxylic acid groups (broad SMARTS) is 1. The lowest BCUT2D eigenvalue weighted by molar-refractivity contribution is -0.870. The lowest BCUT2D eigenvalue weighted by atomic mass is 10.0. The van der Waals surface area contributed by atoms with Gasteiger partial charge in [-0.15, -0.1) is 0 Å². The van der Waals surface area contributed by atoms with E-state index in [1.165, 1.54) is 167 Å². The highest BCUT2D eigenvalue weighted by atomic mass is 16.7. The minimum atomic E-state index is -1.62. The third-order valence-electron chi connectivity index (χ3n) is 13.5. The van der Waals surface area contributed by atoms with Crippen molar-refractivity contribution in [1.29, 1.82) is 0 Å². The summed E-state index contributed by atoms with van der Waals surface area (Å²) in [6, 6.07) is 0. The van der Waals surface area contributed by atoms with E-state index in [0.29, 0.717) is 23.9 Å². The molecule has 0 rings (SSSR count). The van der Waals surface area contributed by atoms with Crippen molar-refractivity contribution in [1.82, 2.24) is 0 Å². The van der Waals surface area contributed by atoms with Gasteiger partial charge in [0.25, 0.3) is 0 Å². The number of allylic oxidation sites excluding steroid dienone is 12. The number of rotatable bonds is 57. The molecule has 0 fully saturated rings. The Morgan fingerprint density at radius 3 is 1.13 bits per heavy atom. The highest BCUT2D eigenvalue weighted by Crippen LogP contribution is 2.17. The molecule has 2 atom stereocenters. The van der Waals surface area contributed by atoms with Gasteiger partial charge in [0.2, 0.25) is 0 Å². The summed E-state index contributed by atoms with van der Waals surface area (Å²) in [7, 11) is 5.93. The molecule has 0 radical (unpaired) electrons. The molecular weight excluding hydrogens is 935 g/mol. The maximum Gasteiger partial charge on any atom is 0.306 e. The van der Waals surface area contributed by atoms with Crippen molar-refractivity contribution in [3.05, 3.63) is 72.9 Å². The van der Waals surface area contributed by atoms with Crippen molar-refractivity contribution in [2.24, 2.45) is 0 Å². The second-order valence-electron chi connectivity index (χ2n) is 22.0. The van der Waals surface area contributed by atoms with E-state index >= 15 is 0 Å². The minimum Gasteiger partial charge on any atom is -0.545 e. The van der Waals surface area contributed by atoms with Crippen molar-refractivity contribution in [3.8, 4) is 0 Å². The Labute approximate surface area is 462 Å². The highest BCUT2D eigenvalue weighted by Gasteiger charge is 2.22. The first kappa shape index (κ1) is 71.7.